The Morgan fingerprint density at radius 1 is 1.47 bits per heavy atom. The van der Waals surface area contributed by atoms with Gasteiger partial charge in [0.05, 0.1) is 6.54 Å². The van der Waals surface area contributed by atoms with Crippen molar-refractivity contribution >= 4 is 12.0 Å². The third-order valence-corrected chi connectivity index (χ3v) is 2.27. The molecule has 0 spiro atoms. The molecule has 1 aliphatic heterocycles. The Labute approximate surface area is 100 Å². The van der Waals surface area contributed by atoms with Crippen LogP contribution in [0.5, 0.6) is 0 Å². The first kappa shape index (κ1) is 13.7. The van der Waals surface area contributed by atoms with E-state index in [-0.39, 0.29) is 19.0 Å². The number of nitrogens with one attached hydrogen (secondary N) is 1. The van der Waals surface area contributed by atoms with Crippen LogP contribution in [-0.2, 0) is 9.53 Å². The first-order valence-electron chi connectivity index (χ1n) is 5.66. The van der Waals surface area contributed by atoms with Crippen LogP contribution >= 0.6 is 0 Å². The van der Waals surface area contributed by atoms with Gasteiger partial charge in [0.1, 0.15) is 18.3 Å². The van der Waals surface area contributed by atoms with E-state index in [2.05, 4.69) is 5.32 Å². The fraction of sp³-hybridized carbons (Fsp3) is 0.818. The lowest BCUT2D eigenvalue weighted by molar-refractivity contribution is -0.129. The van der Waals surface area contributed by atoms with Crippen LogP contribution in [0.25, 0.3) is 0 Å². The number of carbonyl (C=O) groups excluding carboxylic acids is 2. The second-order valence-electron chi connectivity index (χ2n) is 5.08. The van der Waals surface area contributed by atoms with Gasteiger partial charge >= 0.3 is 6.09 Å². The van der Waals surface area contributed by atoms with Crippen LogP contribution in [0.1, 0.15) is 27.2 Å². The summed E-state index contributed by atoms with van der Waals surface area (Å²) in [6, 6.07) is 0. The molecule has 6 heteroatoms. The summed E-state index contributed by atoms with van der Waals surface area (Å²) in [5, 5.41) is 2.36. The predicted molar refractivity (Wildman–Crippen MR) is 60.3 cm³/mol. The Morgan fingerprint density at radius 3 is 2.59 bits per heavy atom. The molecule has 1 fully saturated rings. The number of alkyl halides is 1. The van der Waals surface area contributed by atoms with Crippen molar-refractivity contribution in [2.75, 3.05) is 19.6 Å². The average molecular weight is 246 g/mol. The maximum absolute atomic E-state index is 12.8. The summed E-state index contributed by atoms with van der Waals surface area (Å²) in [6.07, 6.45) is -1.21. The van der Waals surface area contributed by atoms with Crippen molar-refractivity contribution in [2.45, 2.75) is 39.0 Å². The monoisotopic (exact) mass is 246 g/mol. The maximum atomic E-state index is 12.8. The van der Waals surface area contributed by atoms with E-state index in [4.69, 9.17) is 4.74 Å². The molecule has 0 aromatic carbocycles. The molecular formula is C11H19FN2O3. The van der Waals surface area contributed by atoms with Crippen LogP contribution in [-0.4, -0.2) is 48.3 Å². The number of nitrogens with zero attached hydrogens (tertiary/aromatic N) is 1. The Morgan fingerprint density at radius 2 is 2.12 bits per heavy atom. The number of halogens is 1. The minimum absolute atomic E-state index is 0.120. The maximum Gasteiger partial charge on any atom is 0.408 e. The highest BCUT2D eigenvalue weighted by Crippen LogP contribution is 2.12. The summed E-state index contributed by atoms with van der Waals surface area (Å²) in [7, 11) is 0. The van der Waals surface area contributed by atoms with Crippen molar-refractivity contribution < 1.29 is 18.7 Å². The van der Waals surface area contributed by atoms with Gasteiger partial charge in [0, 0.05) is 6.54 Å². The van der Waals surface area contributed by atoms with E-state index in [9.17, 15) is 14.0 Å². The van der Waals surface area contributed by atoms with Gasteiger partial charge in [-0.3, -0.25) is 4.79 Å². The molecule has 0 unspecified atom stereocenters. The molecule has 0 aromatic rings. The molecule has 1 aliphatic rings. The number of likely N-dealkylation sites (tertiary alicyclic amines) is 1. The Balaban J connectivity index is 2.26. The average Bonchev–Trinajstić information content (AvgIpc) is 2.58. The second-order valence-corrected chi connectivity index (χ2v) is 5.08. The first-order chi connectivity index (χ1) is 7.78. The highest BCUT2D eigenvalue weighted by molar-refractivity contribution is 5.82. The SMILES string of the molecule is CC(C)(C)OC(=O)NCC(=O)N1CC[C@H](F)C1. The quantitative estimate of drug-likeness (QED) is 0.793. The molecule has 0 aromatic heterocycles. The number of hydrogen-bond acceptors (Lipinski definition) is 3. The molecule has 1 heterocycles. The number of alkyl carbamates (subject to hydrolysis) is 1. The van der Waals surface area contributed by atoms with Crippen molar-refractivity contribution in [3.63, 3.8) is 0 Å². The Hall–Kier alpha value is -1.33. The van der Waals surface area contributed by atoms with Crippen molar-refractivity contribution in [1.29, 1.82) is 0 Å². The third-order valence-electron chi connectivity index (χ3n) is 2.27. The van der Waals surface area contributed by atoms with Crippen LogP contribution in [0.15, 0.2) is 0 Å². The van der Waals surface area contributed by atoms with Gasteiger partial charge in [0.25, 0.3) is 0 Å². The number of ether oxygens (including phenoxy) is 1. The first-order valence-corrected chi connectivity index (χ1v) is 5.66. The molecule has 1 rings (SSSR count). The van der Waals surface area contributed by atoms with E-state index in [0.29, 0.717) is 13.0 Å². The summed E-state index contributed by atoms with van der Waals surface area (Å²) in [5.74, 6) is -0.281. The normalized spacial score (nSPS) is 20.2. The van der Waals surface area contributed by atoms with Gasteiger partial charge in [-0.05, 0) is 27.2 Å². The summed E-state index contributed by atoms with van der Waals surface area (Å²) < 4.78 is 17.8. The van der Waals surface area contributed by atoms with Crippen LogP contribution in [0, 0.1) is 0 Å². The van der Waals surface area contributed by atoms with Gasteiger partial charge in [0.2, 0.25) is 5.91 Å². The Kier molecular flexibility index (Phi) is 4.31. The highest BCUT2D eigenvalue weighted by Gasteiger charge is 2.26. The van der Waals surface area contributed by atoms with E-state index in [0.717, 1.165) is 0 Å². The summed E-state index contributed by atoms with van der Waals surface area (Å²) >= 11 is 0. The predicted octanol–water partition coefficient (Wildman–Crippen LogP) is 1.08. The third kappa shape index (κ3) is 5.01. The summed E-state index contributed by atoms with van der Waals surface area (Å²) in [5.41, 5.74) is -0.592. The molecule has 0 radical (unpaired) electrons. The largest absolute Gasteiger partial charge is 0.444 e. The van der Waals surface area contributed by atoms with Crippen molar-refractivity contribution in [1.82, 2.24) is 10.2 Å². The molecular weight excluding hydrogens is 227 g/mol. The molecule has 1 saturated heterocycles. The van der Waals surface area contributed by atoms with E-state index >= 15 is 0 Å². The highest BCUT2D eigenvalue weighted by atomic mass is 19.1. The number of hydrogen-bond donors (Lipinski definition) is 1. The molecule has 0 bridgehead atoms. The second kappa shape index (κ2) is 5.33. The minimum atomic E-state index is -0.944. The molecule has 98 valence electrons. The summed E-state index contributed by atoms with van der Waals surface area (Å²) in [6.45, 7) is 5.60. The van der Waals surface area contributed by atoms with E-state index in [1.165, 1.54) is 4.90 Å². The molecule has 1 N–H and O–H groups in total. The van der Waals surface area contributed by atoms with Gasteiger partial charge in [-0.1, -0.05) is 0 Å². The minimum Gasteiger partial charge on any atom is -0.444 e. The van der Waals surface area contributed by atoms with Gasteiger partial charge in [-0.15, -0.1) is 0 Å². The lowest BCUT2D eigenvalue weighted by Crippen LogP contribution is -2.41. The Bertz CT molecular complexity index is 302. The molecule has 17 heavy (non-hydrogen) atoms. The van der Waals surface area contributed by atoms with Gasteiger partial charge in [0.15, 0.2) is 0 Å². The van der Waals surface area contributed by atoms with Crippen LogP contribution in [0.4, 0.5) is 9.18 Å². The van der Waals surface area contributed by atoms with Crippen LogP contribution in [0.3, 0.4) is 0 Å². The summed E-state index contributed by atoms with van der Waals surface area (Å²) in [4.78, 5) is 24.2. The zero-order valence-electron chi connectivity index (χ0n) is 10.5. The fourth-order valence-corrected chi connectivity index (χ4v) is 1.52. The molecule has 5 nitrogen and oxygen atoms in total. The van der Waals surface area contributed by atoms with Crippen molar-refractivity contribution in [3.8, 4) is 0 Å². The van der Waals surface area contributed by atoms with E-state index in [1.54, 1.807) is 20.8 Å². The smallest absolute Gasteiger partial charge is 0.408 e. The zero-order valence-corrected chi connectivity index (χ0v) is 10.5. The fourth-order valence-electron chi connectivity index (χ4n) is 1.52. The van der Waals surface area contributed by atoms with Gasteiger partial charge in [-0.2, -0.15) is 0 Å². The lowest BCUT2D eigenvalue weighted by atomic mass is 10.2. The van der Waals surface area contributed by atoms with Crippen LogP contribution in [0.2, 0.25) is 0 Å². The van der Waals surface area contributed by atoms with E-state index in [1.807, 2.05) is 0 Å². The van der Waals surface area contributed by atoms with Crippen molar-refractivity contribution in [3.05, 3.63) is 0 Å². The number of rotatable bonds is 2. The van der Waals surface area contributed by atoms with E-state index < -0.39 is 17.9 Å². The number of amides is 2. The van der Waals surface area contributed by atoms with Crippen molar-refractivity contribution in [2.24, 2.45) is 0 Å². The lowest BCUT2D eigenvalue weighted by Gasteiger charge is -2.20. The number of carbonyl (C=O) groups is 2. The van der Waals surface area contributed by atoms with Crippen LogP contribution < -0.4 is 5.32 Å². The van der Waals surface area contributed by atoms with Gasteiger partial charge < -0.3 is 15.0 Å². The molecule has 0 aliphatic carbocycles. The molecule has 1 atom stereocenters. The standard InChI is InChI=1S/C11H19FN2O3/c1-11(2,3)17-10(16)13-6-9(15)14-5-4-8(12)7-14/h8H,4-7H2,1-3H3,(H,13,16)/t8-/m0/s1. The molecule has 0 saturated carbocycles. The topological polar surface area (TPSA) is 58.6 Å². The zero-order chi connectivity index (χ0) is 13.1. The van der Waals surface area contributed by atoms with Gasteiger partial charge in [-0.25, -0.2) is 9.18 Å². The molecule has 2 amide bonds.